The summed E-state index contributed by atoms with van der Waals surface area (Å²) in [6.07, 6.45) is 0. The van der Waals surface area contributed by atoms with Gasteiger partial charge in [0, 0.05) is 16.8 Å². The van der Waals surface area contributed by atoms with Crippen LogP contribution in [-0.2, 0) is 10.1 Å². The number of rotatable bonds is 2. The number of halogens is 3. The van der Waals surface area contributed by atoms with E-state index in [-0.39, 0.29) is 5.58 Å². The van der Waals surface area contributed by atoms with Gasteiger partial charge in [0.15, 0.2) is 0 Å². The minimum atomic E-state index is -5.70. The molecule has 9 heteroatoms. The first kappa shape index (κ1) is 14.8. The van der Waals surface area contributed by atoms with Crippen LogP contribution in [-0.4, -0.2) is 21.8 Å². The molecule has 3 aromatic rings. The van der Waals surface area contributed by atoms with Crippen LogP contribution in [0.3, 0.4) is 0 Å². The van der Waals surface area contributed by atoms with E-state index in [4.69, 9.17) is 4.42 Å². The molecule has 1 aromatic heterocycles. The Morgan fingerprint density at radius 1 is 1.00 bits per heavy atom. The van der Waals surface area contributed by atoms with Gasteiger partial charge in [-0.25, -0.2) is 0 Å². The zero-order chi connectivity index (χ0) is 16.1. The number of hydrogen-bond donors (Lipinski definition) is 0. The van der Waals surface area contributed by atoms with Gasteiger partial charge in [0.05, 0.1) is 0 Å². The molecular formula is C13H8BF3O4S. The van der Waals surface area contributed by atoms with Crippen molar-refractivity contribution >= 4 is 45.4 Å². The lowest BCUT2D eigenvalue weighted by molar-refractivity contribution is -0.0500. The van der Waals surface area contributed by atoms with Crippen LogP contribution in [0.15, 0.2) is 40.8 Å². The second-order valence-electron chi connectivity index (χ2n) is 4.74. The minimum Gasteiger partial charge on any atom is -0.456 e. The van der Waals surface area contributed by atoms with E-state index in [9.17, 15) is 21.6 Å². The van der Waals surface area contributed by atoms with Crippen molar-refractivity contribution in [3.63, 3.8) is 0 Å². The molecule has 0 spiro atoms. The summed E-state index contributed by atoms with van der Waals surface area (Å²) in [7, 11) is -3.83. The van der Waals surface area contributed by atoms with Gasteiger partial charge in [0.2, 0.25) is 0 Å². The summed E-state index contributed by atoms with van der Waals surface area (Å²) in [6, 6.07) is 9.20. The van der Waals surface area contributed by atoms with Crippen molar-refractivity contribution in [1.29, 1.82) is 0 Å². The lowest BCUT2D eigenvalue weighted by Crippen LogP contribution is -2.27. The topological polar surface area (TPSA) is 56.5 Å². The monoisotopic (exact) mass is 328 g/mol. The molecule has 0 unspecified atom stereocenters. The highest BCUT2D eigenvalue weighted by Gasteiger charge is 2.48. The van der Waals surface area contributed by atoms with Gasteiger partial charge in [-0.05, 0) is 18.2 Å². The standard InChI is InChI=1S/C13H8BF3O4S/c14-7-1-3-9-10-4-2-8(6-12(10)20-11(9)5-7)21-22(18,19)13(15,16)17/h1-6H,14H2. The van der Waals surface area contributed by atoms with E-state index in [1.54, 1.807) is 6.07 Å². The summed E-state index contributed by atoms with van der Waals surface area (Å²) >= 11 is 0. The van der Waals surface area contributed by atoms with Crippen LogP contribution in [0.5, 0.6) is 5.75 Å². The van der Waals surface area contributed by atoms with Gasteiger partial charge < -0.3 is 8.60 Å². The van der Waals surface area contributed by atoms with Gasteiger partial charge in [-0.2, -0.15) is 21.6 Å². The summed E-state index contributed by atoms with van der Waals surface area (Å²) in [5, 5.41) is 1.44. The van der Waals surface area contributed by atoms with Gasteiger partial charge in [-0.1, -0.05) is 17.6 Å². The van der Waals surface area contributed by atoms with E-state index < -0.39 is 21.4 Å². The zero-order valence-corrected chi connectivity index (χ0v) is 12.0. The number of alkyl halides is 3. The largest absolute Gasteiger partial charge is 0.534 e. The summed E-state index contributed by atoms with van der Waals surface area (Å²) in [5.74, 6) is -0.458. The Kier molecular flexibility index (Phi) is 3.14. The molecule has 0 aliphatic carbocycles. The fraction of sp³-hybridized carbons (Fsp3) is 0.0769. The van der Waals surface area contributed by atoms with E-state index in [0.29, 0.717) is 11.0 Å². The molecule has 0 N–H and O–H groups in total. The Morgan fingerprint density at radius 3 is 2.23 bits per heavy atom. The average molecular weight is 328 g/mol. The molecule has 0 radical (unpaired) electrons. The van der Waals surface area contributed by atoms with Crippen LogP contribution in [0, 0.1) is 0 Å². The van der Waals surface area contributed by atoms with Crippen molar-refractivity contribution < 1.29 is 30.2 Å². The highest BCUT2D eigenvalue weighted by atomic mass is 32.2. The molecule has 0 saturated carbocycles. The van der Waals surface area contributed by atoms with Crippen LogP contribution in [0.4, 0.5) is 13.2 Å². The molecule has 0 fully saturated rings. The van der Waals surface area contributed by atoms with E-state index in [1.165, 1.54) is 6.07 Å². The fourth-order valence-corrected chi connectivity index (χ4v) is 2.54. The Labute approximate surface area is 124 Å². The smallest absolute Gasteiger partial charge is 0.456 e. The highest BCUT2D eigenvalue weighted by Crippen LogP contribution is 2.33. The van der Waals surface area contributed by atoms with Gasteiger partial charge in [-0.15, -0.1) is 0 Å². The molecule has 2 aromatic carbocycles. The van der Waals surface area contributed by atoms with Gasteiger partial charge in [0.1, 0.15) is 24.8 Å². The first-order valence-corrected chi connectivity index (χ1v) is 7.52. The van der Waals surface area contributed by atoms with Gasteiger partial charge >= 0.3 is 15.6 Å². The normalized spacial score (nSPS) is 12.9. The van der Waals surface area contributed by atoms with E-state index in [2.05, 4.69) is 4.18 Å². The van der Waals surface area contributed by atoms with Crippen LogP contribution in [0.2, 0.25) is 0 Å². The van der Waals surface area contributed by atoms with E-state index >= 15 is 0 Å². The fourth-order valence-electron chi connectivity index (χ4n) is 2.09. The number of furan rings is 1. The second kappa shape index (κ2) is 4.67. The molecule has 0 saturated heterocycles. The van der Waals surface area contributed by atoms with Crippen LogP contribution in [0.1, 0.15) is 0 Å². The molecule has 0 atom stereocenters. The molecule has 1 heterocycles. The van der Waals surface area contributed by atoms with Crippen LogP contribution < -0.4 is 9.65 Å². The Bertz CT molecular complexity index is 976. The molecule has 4 nitrogen and oxygen atoms in total. The second-order valence-corrected chi connectivity index (χ2v) is 6.28. The summed E-state index contributed by atoms with van der Waals surface area (Å²) in [4.78, 5) is 0. The lowest BCUT2D eigenvalue weighted by atomic mass is 9.95. The van der Waals surface area contributed by atoms with Crippen molar-refractivity contribution in [3.8, 4) is 5.75 Å². The van der Waals surface area contributed by atoms with Crippen LogP contribution >= 0.6 is 0 Å². The first-order valence-electron chi connectivity index (χ1n) is 6.11. The van der Waals surface area contributed by atoms with Crippen molar-refractivity contribution in [2.75, 3.05) is 0 Å². The molecule has 3 rings (SSSR count). The minimum absolute atomic E-state index is 0.246. The maximum Gasteiger partial charge on any atom is 0.534 e. The van der Waals surface area contributed by atoms with Crippen molar-refractivity contribution in [2.24, 2.45) is 0 Å². The molecule has 0 bridgehead atoms. The predicted molar refractivity (Wildman–Crippen MR) is 77.5 cm³/mol. The number of fused-ring (bicyclic) bond motifs is 3. The summed E-state index contributed by atoms with van der Waals surface area (Å²) < 4.78 is 68.5. The third kappa shape index (κ3) is 2.41. The van der Waals surface area contributed by atoms with E-state index in [1.807, 2.05) is 20.0 Å². The Balaban J connectivity index is 2.09. The Morgan fingerprint density at radius 2 is 1.59 bits per heavy atom. The molecule has 0 aliphatic rings. The van der Waals surface area contributed by atoms with Crippen molar-refractivity contribution in [2.45, 2.75) is 5.51 Å². The van der Waals surface area contributed by atoms with Crippen LogP contribution in [0.25, 0.3) is 21.9 Å². The molecule has 22 heavy (non-hydrogen) atoms. The van der Waals surface area contributed by atoms with Gasteiger partial charge in [-0.3, -0.25) is 0 Å². The quantitative estimate of drug-likeness (QED) is 0.411. The molecule has 0 aliphatic heterocycles. The van der Waals surface area contributed by atoms with Crippen molar-refractivity contribution in [1.82, 2.24) is 0 Å². The molecule has 0 amide bonds. The van der Waals surface area contributed by atoms with Crippen molar-refractivity contribution in [3.05, 3.63) is 36.4 Å². The zero-order valence-electron chi connectivity index (χ0n) is 11.1. The predicted octanol–water partition coefficient (Wildman–Crippen LogP) is 2.07. The third-order valence-electron chi connectivity index (χ3n) is 3.09. The first-order chi connectivity index (χ1) is 10.2. The summed E-state index contributed by atoms with van der Waals surface area (Å²) in [5.41, 5.74) is -3.71. The Hall–Kier alpha value is -2.16. The van der Waals surface area contributed by atoms with Gasteiger partial charge in [0.25, 0.3) is 0 Å². The molecule has 114 valence electrons. The maximum absolute atomic E-state index is 12.3. The average Bonchev–Trinajstić information content (AvgIpc) is 2.73. The summed E-state index contributed by atoms with van der Waals surface area (Å²) in [6.45, 7) is 0. The SMILES string of the molecule is Bc1ccc2c(c1)oc1cc(OS(=O)(=O)C(F)(F)F)ccc12. The molecular weight excluding hydrogens is 320 g/mol. The lowest BCUT2D eigenvalue weighted by Gasteiger charge is -2.08. The number of hydrogen-bond acceptors (Lipinski definition) is 4. The highest BCUT2D eigenvalue weighted by molar-refractivity contribution is 7.88. The number of benzene rings is 2. The third-order valence-corrected chi connectivity index (χ3v) is 4.07. The maximum atomic E-state index is 12.3. The van der Waals surface area contributed by atoms with E-state index in [0.717, 1.165) is 23.0 Å².